The molecule has 0 spiro atoms. The van der Waals surface area contributed by atoms with Gasteiger partial charge in [0.15, 0.2) is 11.5 Å². The molecule has 0 aliphatic heterocycles. The van der Waals surface area contributed by atoms with Crippen LogP contribution in [0.25, 0.3) is 11.3 Å². The van der Waals surface area contributed by atoms with E-state index in [0.717, 1.165) is 45.3 Å². The average Bonchev–Trinajstić information content (AvgIpc) is 3.23. The Bertz CT molecular complexity index is 1160. The molecule has 0 saturated carbocycles. The zero-order chi connectivity index (χ0) is 23.1. The summed E-state index contributed by atoms with van der Waals surface area (Å²) in [5, 5.41) is 7.06. The number of methoxy groups -OCH3 is 4. The number of rotatable bonds is 9. The maximum Gasteiger partial charge on any atom is 0.206 e. The molecular weight excluding hydrogens is 426 g/mol. The predicted molar refractivity (Wildman–Crippen MR) is 129 cm³/mol. The van der Waals surface area contributed by atoms with Crippen LogP contribution in [0.1, 0.15) is 25.8 Å². The summed E-state index contributed by atoms with van der Waals surface area (Å²) in [6, 6.07) is 11.5. The van der Waals surface area contributed by atoms with Crippen LogP contribution < -0.4 is 23.7 Å². The fraction of sp³-hybridized carbons (Fsp3) is 0.333. The quantitative estimate of drug-likeness (QED) is 0.433. The van der Waals surface area contributed by atoms with Crippen molar-refractivity contribution < 1.29 is 18.9 Å². The fourth-order valence-electron chi connectivity index (χ4n) is 3.31. The molecule has 0 bridgehead atoms. The van der Waals surface area contributed by atoms with Crippen molar-refractivity contribution in [2.24, 2.45) is 10.1 Å². The lowest BCUT2D eigenvalue weighted by molar-refractivity contribution is 0.355. The van der Waals surface area contributed by atoms with E-state index in [4.69, 9.17) is 24.0 Å². The Morgan fingerprint density at radius 1 is 0.875 bits per heavy atom. The summed E-state index contributed by atoms with van der Waals surface area (Å²) in [4.78, 5) is 5.46. The minimum atomic E-state index is 0.655. The molecule has 0 saturated heterocycles. The highest BCUT2D eigenvalue weighted by Crippen LogP contribution is 2.34. The van der Waals surface area contributed by atoms with Crippen molar-refractivity contribution in [2.75, 3.05) is 35.0 Å². The first-order valence-corrected chi connectivity index (χ1v) is 11.2. The highest BCUT2D eigenvalue weighted by atomic mass is 32.1. The van der Waals surface area contributed by atoms with E-state index in [-0.39, 0.29) is 0 Å². The number of hydrogen-bond donors (Lipinski definition) is 0. The molecule has 3 rings (SSSR count). The topological polar surface area (TPSA) is 66.6 Å². The van der Waals surface area contributed by atoms with E-state index in [0.29, 0.717) is 18.0 Å². The van der Waals surface area contributed by atoms with Crippen LogP contribution in [0, 0.1) is 0 Å². The van der Waals surface area contributed by atoms with E-state index in [1.807, 2.05) is 53.4 Å². The van der Waals surface area contributed by atoms with Crippen molar-refractivity contribution in [1.29, 1.82) is 0 Å². The van der Waals surface area contributed by atoms with Crippen molar-refractivity contribution in [2.45, 2.75) is 20.3 Å². The number of thiazole rings is 1. The summed E-state index contributed by atoms with van der Waals surface area (Å²) in [5.74, 6) is 2.82. The summed E-state index contributed by atoms with van der Waals surface area (Å²) < 4.78 is 23.8. The van der Waals surface area contributed by atoms with Crippen LogP contribution >= 0.6 is 11.3 Å². The van der Waals surface area contributed by atoms with Crippen molar-refractivity contribution >= 4 is 17.0 Å². The molecule has 32 heavy (non-hydrogen) atoms. The Balaban J connectivity index is 2.22. The van der Waals surface area contributed by atoms with Crippen LogP contribution in [0.5, 0.6) is 23.0 Å². The van der Waals surface area contributed by atoms with E-state index in [9.17, 15) is 0 Å². The minimum absolute atomic E-state index is 0.655. The van der Waals surface area contributed by atoms with Crippen LogP contribution in [0.4, 0.5) is 0 Å². The zero-order valence-electron chi connectivity index (χ0n) is 19.3. The second-order valence-corrected chi connectivity index (χ2v) is 7.56. The van der Waals surface area contributed by atoms with Crippen molar-refractivity contribution in [3.05, 3.63) is 52.1 Å². The molecule has 0 aliphatic rings. The Kier molecular flexibility index (Phi) is 7.94. The average molecular weight is 456 g/mol. The van der Waals surface area contributed by atoms with Gasteiger partial charge in [-0.15, -0.1) is 11.3 Å². The van der Waals surface area contributed by atoms with Crippen molar-refractivity contribution in [3.63, 3.8) is 0 Å². The summed E-state index contributed by atoms with van der Waals surface area (Å²) in [6.45, 7) is 4.74. The van der Waals surface area contributed by atoms with Gasteiger partial charge in [0, 0.05) is 23.1 Å². The molecule has 7 nitrogen and oxygen atoms in total. The summed E-state index contributed by atoms with van der Waals surface area (Å²) in [7, 11) is 6.56. The highest BCUT2D eigenvalue weighted by molar-refractivity contribution is 7.07. The molecular formula is C24H29N3O4S. The molecule has 0 radical (unpaired) electrons. The maximum atomic E-state index is 5.62. The van der Waals surface area contributed by atoms with Crippen LogP contribution in [0.3, 0.4) is 0 Å². The third-order valence-electron chi connectivity index (χ3n) is 4.93. The highest BCUT2D eigenvalue weighted by Gasteiger charge is 2.16. The number of nitrogens with zero attached hydrogens (tertiary/aromatic N) is 3. The first-order valence-electron chi connectivity index (χ1n) is 10.3. The molecule has 0 fully saturated rings. The van der Waals surface area contributed by atoms with Gasteiger partial charge in [-0.25, -0.2) is 4.68 Å². The lowest BCUT2D eigenvalue weighted by Gasteiger charge is -2.13. The molecule has 0 unspecified atom stereocenters. The first kappa shape index (κ1) is 23.4. The molecule has 3 aromatic rings. The van der Waals surface area contributed by atoms with Gasteiger partial charge in [0.1, 0.15) is 11.5 Å². The second-order valence-electron chi connectivity index (χ2n) is 6.73. The first-order chi connectivity index (χ1) is 15.6. The number of aromatic nitrogens is 1. The van der Waals surface area contributed by atoms with Gasteiger partial charge in [-0.05, 0) is 49.7 Å². The van der Waals surface area contributed by atoms with Gasteiger partial charge in [-0.1, -0.05) is 6.92 Å². The molecule has 0 amide bonds. The smallest absolute Gasteiger partial charge is 0.206 e. The number of benzene rings is 2. The lowest BCUT2D eigenvalue weighted by Crippen LogP contribution is -2.15. The van der Waals surface area contributed by atoms with E-state index in [2.05, 4.69) is 11.9 Å². The molecule has 2 aromatic carbocycles. The molecule has 170 valence electrons. The summed E-state index contributed by atoms with van der Waals surface area (Å²) >= 11 is 1.54. The van der Waals surface area contributed by atoms with Crippen LogP contribution in [0.2, 0.25) is 0 Å². The zero-order valence-corrected chi connectivity index (χ0v) is 20.2. The van der Waals surface area contributed by atoms with Crippen LogP contribution in [-0.2, 0) is 0 Å². The number of ether oxygens (including phenoxy) is 4. The van der Waals surface area contributed by atoms with Gasteiger partial charge < -0.3 is 18.9 Å². The monoisotopic (exact) mass is 455 g/mol. The molecule has 0 aliphatic carbocycles. The molecule has 0 atom stereocenters. The van der Waals surface area contributed by atoms with E-state index < -0.39 is 0 Å². The fourth-order valence-corrected chi connectivity index (χ4v) is 4.19. The Morgan fingerprint density at radius 3 is 2.22 bits per heavy atom. The normalized spacial score (nSPS) is 12.1. The third kappa shape index (κ3) is 4.80. The van der Waals surface area contributed by atoms with Crippen molar-refractivity contribution in [3.8, 4) is 34.3 Å². The molecule has 1 heterocycles. The van der Waals surface area contributed by atoms with E-state index in [1.54, 1.807) is 28.4 Å². The van der Waals surface area contributed by atoms with E-state index >= 15 is 0 Å². The maximum absolute atomic E-state index is 5.62. The summed E-state index contributed by atoms with van der Waals surface area (Å²) in [6.07, 6.45) is 0.721. The lowest BCUT2D eigenvalue weighted by atomic mass is 10.1. The van der Waals surface area contributed by atoms with Gasteiger partial charge in [0.2, 0.25) is 4.80 Å². The molecule has 0 N–H and O–H groups in total. The van der Waals surface area contributed by atoms with Crippen LogP contribution in [-0.4, -0.2) is 45.4 Å². The van der Waals surface area contributed by atoms with Gasteiger partial charge >= 0.3 is 0 Å². The van der Waals surface area contributed by atoms with Gasteiger partial charge in [-0.2, -0.15) is 5.10 Å². The third-order valence-corrected chi connectivity index (χ3v) is 5.79. The predicted octanol–water partition coefficient (Wildman–Crippen LogP) is 4.83. The Labute approximate surface area is 192 Å². The minimum Gasteiger partial charge on any atom is -0.497 e. The van der Waals surface area contributed by atoms with Crippen LogP contribution in [0.15, 0.2) is 51.9 Å². The SMILES string of the molecule is CCN=c1scc(-c2cc(OC)ccc2OC)n1N=C(CC)c1ccc(OC)c(OC)c1. The van der Waals surface area contributed by atoms with Crippen molar-refractivity contribution in [1.82, 2.24) is 4.68 Å². The standard InChI is InChI=1S/C24H29N3O4S/c1-7-19(16-9-11-22(30-5)23(13-16)31-6)26-27-20(15-32-24(27)25-8-2)18-14-17(28-3)10-12-21(18)29-4/h9-15H,7-8H2,1-6H3. The van der Waals surface area contributed by atoms with Gasteiger partial charge in [0.05, 0.1) is 39.8 Å². The molecule has 8 heteroatoms. The molecule has 1 aromatic heterocycles. The van der Waals surface area contributed by atoms with Gasteiger partial charge in [0.25, 0.3) is 0 Å². The summed E-state index contributed by atoms with van der Waals surface area (Å²) in [5.41, 5.74) is 3.61. The van der Waals surface area contributed by atoms with Gasteiger partial charge in [-0.3, -0.25) is 4.99 Å². The Hall–Kier alpha value is -3.26. The van der Waals surface area contributed by atoms with E-state index in [1.165, 1.54) is 11.3 Å². The second kappa shape index (κ2) is 10.9. The largest absolute Gasteiger partial charge is 0.497 e. The number of hydrogen-bond acceptors (Lipinski definition) is 7. The Morgan fingerprint density at radius 2 is 1.59 bits per heavy atom.